The van der Waals surface area contributed by atoms with Crippen molar-refractivity contribution in [2.24, 2.45) is 5.92 Å². The number of hydrogen-bond donors (Lipinski definition) is 2. The second-order valence-electron chi connectivity index (χ2n) is 9.01. The van der Waals surface area contributed by atoms with Crippen LogP contribution in [0.1, 0.15) is 37.3 Å². The zero-order valence-corrected chi connectivity index (χ0v) is 19.7. The van der Waals surface area contributed by atoms with Crippen LogP contribution >= 0.6 is 0 Å². The number of amides is 2. The van der Waals surface area contributed by atoms with Crippen molar-refractivity contribution in [1.29, 1.82) is 0 Å². The van der Waals surface area contributed by atoms with Crippen LogP contribution in [-0.4, -0.2) is 53.2 Å². The molecule has 3 atom stereocenters. The van der Waals surface area contributed by atoms with Crippen molar-refractivity contribution in [1.82, 2.24) is 4.90 Å². The zero-order valence-electron chi connectivity index (χ0n) is 19.7. The van der Waals surface area contributed by atoms with Crippen molar-refractivity contribution < 1.29 is 24.5 Å². The first-order valence-electron chi connectivity index (χ1n) is 11.7. The monoisotopic (exact) mass is 464 g/mol. The summed E-state index contributed by atoms with van der Waals surface area (Å²) in [6, 6.07) is 14.8. The summed E-state index contributed by atoms with van der Waals surface area (Å²) in [4.78, 5) is 29.5. The molecule has 1 fully saturated rings. The predicted octanol–water partition coefficient (Wildman–Crippen LogP) is 3.00. The minimum Gasteiger partial charge on any atom is -0.497 e. The van der Waals surface area contributed by atoms with Gasteiger partial charge in [-0.05, 0) is 36.6 Å². The lowest BCUT2D eigenvalue weighted by atomic mass is 9.83. The first-order chi connectivity index (χ1) is 16.4. The molecule has 2 aromatic rings. The molecule has 0 radical (unpaired) electrons. The molecule has 0 aliphatic carbocycles. The van der Waals surface area contributed by atoms with Crippen LogP contribution in [0.5, 0.6) is 5.75 Å². The standard InChI is InChI=1S/C27H32N2O5/c1-19(8-6-12-25(31)28-15-7-11-21(28)18-30)27(33)23-16-22(34-2)13-14-24(23)29(26(27)32)17-20-9-4-3-5-10-20/h3-6,8-10,13-14,16,19,21,30,33H,7,11-12,15,17-18H2,1-2H3/b8-6+/t19-,21+,27+/m1/s1. The SMILES string of the molecule is COc1ccc2c(c1)[C@@](O)([C@H](C)/C=C/CC(=O)N1CCC[C@H]1CO)C(=O)N2Cc1ccccc1. The third-order valence-corrected chi connectivity index (χ3v) is 6.94. The van der Waals surface area contributed by atoms with Crippen molar-refractivity contribution in [3.63, 3.8) is 0 Å². The number of likely N-dealkylation sites (tertiary alicyclic amines) is 1. The molecule has 7 heteroatoms. The minimum absolute atomic E-state index is 0.0318. The zero-order chi connectivity index (χ0) is 24.3. The Balaban J connectivity index is 1.57. The lowest BCUT2D eigenvalue weighted by molar-refractivity contribution is -0.139. The normalized spacial score (nSPS) is 22.9. The number of rotatable bonds is 8. The molecule has 1 saturated heterocycles. The summed E-state index contributed by atoms with van der Waals surface area (Å²) in [5.74, 6) is -0.478. The second-order valence-corrected chi connectivity index (χ2v) is 9.01. The van der Waals surface area contributed by atoms with E-state index in [-0.39, 0.29) is 25.0 Å². The first kappa shape index (κ1) is 24.0. The molecule has 34 heavy (non-hydrogen) atoms. The Hall–Kier alpha value is -3.16. The van der Waals surface area contributed by atoms with Gasteiger partial charge in [0.2, 0.25) is 5.91 Å². The summed E-state index contributed by atoms with van der Waals surface area (Å²) in [5.41, 5.74) is 0.326. The van der Waals surface area contributed by atoms with Crippen LogP contribution in [0.15, 0.2) is 60.7 Å². The van der Waals surface area contributed by atoms with Crippen LogP contribution in [-0.2, 0) is 21.7 Å². The number of benzene rings is 2. The van der Waals surface area contributed by atoms with Gasteiger partial charge in [-0.25, -0.2) is 0 Å². The lowest BCUT2D eigenvalue weighted by Crippen LogP contribution is -2.44. The van der Waals surface area contributed by atoms with Crippen molar-refractivity contribution in [3.05, 3.63) is 71.8 Å². The molecule has 2 heterocycles. The molecule has 0 aromatic heterocycles. The quantitative estimate of drug-likeness (QED) is 0.586. The third-order valence-electron chi connectivity index (χ3n) is 6.94. The first-order valence-corrected chi connectivity index (χ1v) is 11.7. The maximum absolute atomic E-state index is 13.6. The van der Waals surface area contributed by atoms with Crippen molar-refractivity contribution in [2.45, 2.75) is 44.4 Å². The number of fused-ring (bicyclic) bond motifs is 1. The van der Waals surface area contributed by atoms with Gasteiger partial charge < -0.3 is 24.7 Å². The van der Waals surface area contributed by atoms with E-state index in [0.717, 1.165) is 18.4 Å². The Morgan fingerprint density at radius 3 is 2.74 bits per heavy atom. The molecular formula is C27H32N2O5. The molecule has 0 spiro atoms. The largest absolute Gasteiger partial charge is 0.497 e. The fourth-order valence-electron chi connectivity index (χ4n) is 4.96. The number of carbonyl (C=O) groups is 2. The number of hydrogen-bond acceptors (Lipinski definition) is 5. The predicted molar refractivity (Wildman–Crippen MR) is 129 cm³/mol. The summed E-state index contributed by atoms with van der Waals surface area (Å²) in [7, 11) is 1.55. The topological polar surface area (TPSA) is 90.3 Å². The highest BCUT2D eigenvalue weighted by Crippen LogP contribution is 2.47. The highest BCUT2D eigenvalue weighted by molar-refractivity contribution is 6.07. The smallest absolute Gasteiger partial charge is 0.264 e. The number of anilines is 1. The van der Waals surface area contributed by atoms with Crippen molar-refractivity contribution in [2.75, 3.05) is 25.2 Å². The highest BCUT2D eigenvalue weighted by atomic mass is 16.5. The van der Waals surface area contributed by atoms with Gasteiger partial charge in [0.15, 0.2) is 5.60 Å². The number of methoxy groups -OCH3 is 1. The number of aliphatic hydroxyl groups excluding tert-OH is 1. The molecule has 2 aliphatic heterocycles. The van der Waals surface area contributed by atoms with Gasteiger partial charge in [0.05, 0.1) is 32.0 Å². The molecule has 0 saturated carbocycles. The van der Waals surface area contributed by atoms with Gasteiger partial charge in [-0.15, -0.1) is 0 Å². The fourth-order valence-corrected chi connectivity index (χ4v) is 4.96. The van der Waals surface area contributed by atoms with Gasteiger partial charge in [0.1, 0.15) is 5.75 Å². The van der Waals surface area contributed by atoms with E-state index in [4.69, 9.17) is 4.74 Å². The molecule has 2 aliphatic rings. The average Bonchev–Trinajstić information content (AvgIpc) is 3.42. The van der Waals surface area contributed by atoms with E-state index in [0.29, 0.717) is 30.1 Å². The van der Waals surface area contributed by atoms with Gasteiger partial charge in [-0.3, -0.25) is 9.59 Å². The van der Waals surface area contributed by atoms with Crippen LogP contribution < -0.4 is 9.64 Å². The fraction of sp³-hybridized carbons (Fsp3) is 0.407. The van der Waals surface area contributed by atoms with Gasteiger partial charge >= 0.3 is 0 Å². The highest BCUT2D eigenvalue weighted by Gasteiger charge is 2.52. The van der Waals surface area contributed by atoms with E-state index in [2.05, 4.69) is 0 Å². The molecule has 2 N–H and O–H groups in total. The molecule has 4 rings (SSSR count). The van der Waals surface area contributed by atoms with E-state index in [9.17, 15) is 19.8 Å². The molecule has 2 amide bonds. The van der Waals surface area contributed by atoms with Crippen LogP contribution in [0.4, 0.5) is 5.69 Å². The van der Waals surface area contributed by atoms with Gasteiger partial charge in [-0.1, -0.05) is 49.4 Å². The number of ether oxygens (including phenoxy) is 1. The lowest BCUT2D eigenvalue weighted by Gasteiger charge is -2.28. The van der Waals surface area contributed by atoms with Gasteiger partial charge in [0.25, 0.3) is 5.91 Å². The van der Waals surface area contributed by atoms with E-state index < -0.39 is 17.4 Å². The number of carbonyl (C=O) groups excluding carboxylic acids is 2. The minimum atomic E-state index is -1.78. The Bertz CT molecular complexity index is 1070. The molecule has 2 aromatic carbocycles. The van der Waals surface area contributed by atoms with Crippen molar-refractivity contribution in [3.8, 4) is 5.75 Å². The van der Waals surface area contributed by atoms with E-state index >= 15 is 0 Å². The molecule has 180 valence electrons. The van der Waals surface area contributed by atoms with Gasteiger partial charge in [0, 0.05) is 24.4 Å². The maximum atomic E-state index is 13.6. The molecule has 0 bridgehead atoms. The molecule has 7 nitrogen and oxygen atoms in total. The summed E-state index contributed by atoms with van der Waals surface area (Å²) in [5, 5.41) is 21.3. The molecule has 0 unspecified atom stereocenters. The Kier molecular flexibility index (Phi) is 7.05. The second kappa shape index (κ2) is 9.99. The average molecular weight is 465 g/mol. The Labute approximate surface area is 200 Å². The summed E-state index contributed by atoms with van der Waals surface area (Å²) < 4.78 is 5.36. The maximum Gasteiger partial charge on any atom is 0.264 e. The summed E-state index contributed by atoms with van der Waals surface area (Å²) in [6.45, 7) is 2.74. The number of aliphatic hydroxyl groups is 2. The Morgan fingerprint density at radius 2 is 2.03 bits per heavy atom. The summed E-state index contributed by atoms with van der Waals surface area (Å²) >= 11 is 0. The van der Waals surface area contributed by atoms with Crippen LogP contribution in [0.2, 0.25) is 0 Å². The van der Waals surface area contributed by atoms with Crippen LogP contribution in [0, 0.1) is 5.92 Å². The van der Waals surface area contributed by atoms with Crippen LogP contribution in [0.3, 0.4) is 0 Å². The molecular weight excluding hydrogens is 432 g/mol. The summed E-state index contributed by atoms with van der Waals surface area (Å²) in [6.07, 6.45) is 5.30. The number of nitrogens with zero attached hydrogens (tertiary/aromatic N) is 2. The third kappa shape index (κ3) is 4.33. The van der Waals surface area contributed by atoms with E-state index in [1.165, 1.54) is 0 Å². The van der Waals surface area contributed by atoms with E-state index in [1.54, 1.807) is 54.2 Å². The van der Waals surface area contributed by atoms with Crippen molar-refractivity contribution >= 4 is 17.5 Å². The van der Waals surface area contributed by atoms with E-state index in [1.807, 2.05) is 30.3 Å². The van der Waals surface area contributed by atoms with Crippen LogP contribution in [0.25, 0.3) is 0 Å². The van der Waals surface area contributed by atoms with Gasteiger partial charge in [-0.2, -0.15) is 0 Å². The Morgan fingerprint density at radius 1 is 1.26 bits per heavy atom.